The molecule has 0 saturated carbocycles. The Labute approximate surface area is 225 Å². The van der Waals surface area contributed by atoms with Gasteiger partial charge in [0.1, 0.15) is 10.4 Å². The van der Waals surface area contributed by atoms with Crippen LogP contribution < -0.4 is 15.6 Å². The van der Waals surface area contributed by atoms with E-state index in [-0.39, 0.29) is 29.5 Å². The Kier molecular flexibility index (Phi) is 7.12. The number of thioether (sulfide) groups is 1. The van der Waals surface area contributed by atoms with Gasteiger partial charge < -0.3 is 10.1 Å². The first-order chi connectivity index (χ1) is 18.3. The Morgan fingerprint density at radius 3 is 2.68 bits per heavy atom. The minimum Gasteiger partial charge on any atom is -0.497 e. The molecule has 38 heavy (non-hydrogen) atoms. The third-order valence-corrected chi connectivity index (χ3v) is 8.01. The minimum absolute atomic E-state index is 0.00523. The molecular weight excluding hydrogens is 524 g/mol. The predicted octanol–water partition coefficient (Wildman–Crippen LogP) is 5.62. The van der Waals surface area contributed by atoms with Gasteiger partial charge in [-0.15, -0.1) is 11.3 Å². The van der Waals surface area contributed by atoms with Crippen LogP contribution >= 0.6 is 23.1 Å². The number of aromatic nitrogens is 2. The van der Waals surface area contributed by atoms with E-state index < -0.39 is 4.92 Å². The van der Waals surface area contributed by atoms with Crippen molar-refractivity contribution < 1.29 is 14.5 Å². The van der Waals surface area contributed by atoms with E-state index in [1.54, 1.807) is 42.0 Å². The molecular formula is C27H22N4O5S2. The average molecular weight is 547 g/mol. The number of ether oxygens (including phenoxy) is 1. The summed E-state index contributed by atoms with van der Waals surface area (Å²) in [6.45, 7) is 2.26. The molecule has 0 radical (unpaired) electrons. The van der Waals surface area contributed by atoms with Crippen molar-refractivity contribution in [3.63, 3.8) is 0 Å². The van der Waals surface area contributed by atoms with Gasteiger partial charge in [0, 0.05) is 34.0 Å². The van der Waals surface area contributed by atoms with Gasteiger partial charge in [-0.2, -0.15) is 0 Å². The monoisotopic (exact) mass is 546 g/mol. The van der Waals surface area contributed by atoms with Gasteiger partial charge in [0.2, 0.25) is 5.91 Å². The molecule has 0 aliphatic carbocycles. The van der Waals surface area contributed by atoms with Crippen LogP contribution in [0.4, 0.5) is 11.4 Å². The Bertz CT molecular complexity index is 1750. The van der Waals surface area contributed by atoms with Crippen molar-refractivity contribution in [3.8, 4) is 5.75 Å². The standard InChI is InChI=1S/C27H22N4O5S2/c1-16-6-8-17(9-7-16)14-30-26(33)25-24(21-13-19(31(34)35)10-11-22(21)38-25)29-27(30)37-15-23(32)28-18-4-3-5-20(12-18)36-2/h3-13H,14-15H2,1-2H3,(H,28,32). The number of nitro benzene ring substituents is 1. The van der Waals surface area contributed by atoms with Gasteiger partial charge in [-0.25, -0.2) is 4.98 Å². The van der Waals surface area contributed by atoms with Gasteiger partial charge in [-0.3, -0.25) is 24.3 Å². The summed E-state index contributed by atoms with van der Waals surface area (Å²) in [5.74, 6) is 0.351. The molecule has 192 valence electrons. The summed E-state index contributed by atoms with van der Waals surface area (Å²) in [7, 11) is 1.55. The molecule has 0 bridgehead atoms. The highest BCUT2D eigenvalue weighted by Gasteiger charge is 2.19. The second-order valence-electron chi connectivity index (χ2n) is 8.56. The van der Waals surface area contributed by atoms with Crippen LogP contribution in [0.2, 0.25) is 0 Å². The lowest BCUT2D eigenvalue weighted by atomic mass is 10.1. The number of carbonyl (C=O) groups excluding carboxylic acids is 1. The van der Waals surface area contributed by atoms with E-state index in [1.807, 2.05) is 31.2 Å². The molecule has 0 fully saturated rings. The Morgan fingerprint density at radius 2 is 1.95 bits per heavy atom. The maximum absolute atomic E-state index is 13.7. The lowest BCUT2D eigenvalue weighted by Gasteiger charge is -2.13. The van der Waals surface area contributed by atoms with Crippen molar-refractivity contribution in [2.45, 2.75) is 18.6 Å². The average Bonchev–Trinajstić information content (AvgIpc) is 3.28. The number of nitrogens with one attached hydrogen (secondary N) is 1. The Hall–Kier alpha value is -4.22. The molecule has 5 rings (SSSR count). The number of nitro groups is 1. The minimum atomic E-state index is -0.472. The number of anilines is 1. The normalized spacial score (nSPS) is 11.1. The number of rotatable bonds is 8. The third kappa shape index (κ3) is 5.24. The zero-order valence-electron chi connectivity index (χ0n) is 20.5. The maximum atomic E-state index is 13.7. The van der Waals surface area contributed by atoms with Crippen LogP contribution in [0.25, 0.3) is 20.3 Å². The topological polar surface area (TPSA) is 116 Å². The second kappa shape index (κ2) is 10.6. The van der Waals surface area contributed by atoms with Crippen molar-refractivity contribution >= 4 is 60.7 Å². The van der Waals surface area contributed by atoms with Gasteiger partial charge in [0.25, 0.3) is 11.2 Å². The van der Waals surface area contributed by atoms with Crippen LogP contribution in [-0.2, 0) is 11.3 Å². The van der Waals surface area contributed by atoms with Crippen molar-refractivity contribution in [2.75, 3.05) is 18.2 Å². The fourth-order valence-corrected chi connectivity index (χ4v) is 5.82. The van der Waals surface area contributed by atoms with Crippen molar-refractivity contribution in [3.05, 3.63) is 98.3 Å². The number of hydrogen-bond donors (Lipinski definition) is 1. The van der Waals surface area contributed by atoms with Crippen LogP contribution in [-0.4, -0.2) is 33.2 Å². The van der Waals surface area contributed by atoms with Crippen LogP contribution in [0.15, 0.2) is 76.7 Å². The third-order valence-electron chi connectivity index (χ3n) is 5.88. The van der Waals surface area contributed by atoms with E-state index in [0.717, 1.165) is 27.6 Å². The molecule has 0 atom stereocenters. The zero-order valence-corrected chi connectivity index (χ0v) is 22.1. The highest BCUT2D eigenvalue weighted by Crippen LogP contribution is 2.34. The number of hydrogen-bond acceptors (Lipinski definition) is 8. The lowest BCUT2D eigenvalue weighted by molar-refractivity contribution is -0.384. The number of methoxy groups -OCH3 is 1. The molecule has 1 N–H and O–H groups in total. The Balaban J connectivity index is 1.53. The summed E-state index contributed by atoms with van der Waals surface area (Å²) in [6, 6.07) is 19.4. The molecule has 3 aromatic carbocycles. The highest BCUT2D eigenvalue weighted by molar-refractivity contribution is 7.99. The highest BCUT2D eigenvalue weighted by atomic mass is 32.2. The van der Waals surface area contributed by atoms with E-state index in [4.69, 9.17) is 9.72 Å². The summed E-state index contributed by atoms with van der Waals surface area (Å²) >= 11 is 2.39. The fraction of sp³-hybridized carbons (Fsp3) is 0.148. The maximum Gasteiger partial charge on any atom is 0.272 e. The number of fused-ring (bicyclic) bond motifs is 3. The van der Waals surface area contributed by atoms with Crippen LogP contribution in [0, 0.1) is 17.0 Å². The van der Waals surface area contributed by atoms with E-state index in [1.165, 1.54) is 23.5 Å². The van der Waals surface area contributed by atoms with Gasteiger partial charge >= 0.3 is 0 Å². The van der Waals surface area contributed by atoms with E-state index >= 15 is 0 Å². The molecule has 11 heteroatoms. The molecule has 2 heterocycles. The fourth-order valence-electron chi connectivity index (χ4n) is 3.96. The predicted molar refractivity (Wildman–Crippen MR) is 151 cm³/mol. The zero-order chi connectivity index (χ0) is 26.8. The summed E-state index contributed by atoms with van der Waals surface area (Å²) in [5.41, 5.74) is 2.67. The lowest BCUT2D eigenvalue weighted by Crippen LogP contribution is -2.24. The van der Waals surface area contributed by atoms with Gasteiger partial charge in [0.05, 0.1) is 29.8 Å². The number of non-ortho nitro benzene ring substituents is 1. The molecule has 0 unspecified atom stereocenters. The number of benzene rings is 3. The summed E-state index contributed by atoms with van der Waals surface area (Å²) < 4.78 is 7.91. The number of thiophene rings is 1. The number of aryl methyl sites for hydroxylation is 1. The first-order valence-corrected chi connectivity index (χ1v) is 13.4. The molecule has 5 aromatic rings. The van der Waals surface area contributed by atoms with E-state index in [9.17, 15) is 19.7 Å². The quantitative estimate of drug-likeness (QED) is 0.116. The van der Waals surface area contributed by atoms with Crippen molar-refractivity contribution in [1.29, 1.82) is 0 Å². The van der Waals surface area contributed by atoms with Gasteiger partial charge in [0.15, 0.2) is 5.16 Å². The van der Waals surface area contributed by atoms with Crippen LogP contribution in [0.1, 0.15) is 11.1 Å². The largest absolute Gasteiger partial charge is 0.497 e. The molecule has 0 aliphatic heterocycles. The molecule has 1 amide bonds. The first kappa shape index (κ1) is 25.4. The number of amides is 1. The molecule has 0 spiro atoms. The van der Waals surface area contributed by atoms with Crippen molar-refractivity contribution in [2.24, 2.45) is 0 Å². The summed E-state index contributed by atoms with van der Waals surface area (Å²) in [6.07, 6.45) is 0. The van der Waals surface area contributed by atoms with E-state index in [2.05, 4.69) is 5.32 Å². The number of carbonyl (C=O) groups is 1. The van der Waals surface area contributed by atoms with E-state index in [0.29, 0.717) is 32.2 Å². The second-order valence-corrected chi connectivity index (χ2v) is 10.6. The molecule has 0 saturated heterocycles. The molecule has 0 aliphatic rings. The van der Waals surface area contributed by atoms with Crippen LogP contribution in [0.5, 0.6) is 5.75 Å². The van der Waals surface area contributed by atoms with Crippen LogP contribution in [0.3, 0.4) is 0 Å². The van der Waals surface area contributed by atoms with Crippen molar-refractivity contribution in [1.82, 2.24) is 9.55 Å². The molecule has 9 nitrogen and oxygen atoms in total. The summed E-state index contributed by atoms with van der Waals surface area (Å²) in [4.78, 5) is 42.1. The van der Waals surface area contributed by atoms with Gasteiger partial charge in [-0.1, -0.05) is 47.7 Å². The Morgan fingerprint density at radius 1 is 1.16 bits per heavy atom. The smallest absolute Gasteiger partial charge is 0.272 e. The molecule has 2 aromatic heterocycles. The SMILES string of the molecule is COc1cccc(NC(=O)CSc2nc3c(sc4ccc([N+](=O)[O-])cc43)c(=O)n2Cc2ccc(C)cc2)c1. The summed E-state index contributed by atoms with van der Waals surface area (Å²) in [5, 5.41) is 15.1. The van der Waals surface area contributed by atoms with Gasteiger partial charge in [-0.05, 0) is 30.7 Å². The number of nitrogens with zero attached hydrogens (tertiary/aromatic N) is 3. The first-order valence-electron chi connectivity index (χ1n) is 11.6.